The van der Waals surface area contributed by atoms with Crippen LogP contribution in [0, 0.1) is 3.57 Å². The third kappa shape index (κ3) is 2.87. The van der Waals surface area contributed by atoms with Gasteiger partial charge in [-0.15, -0.1) is 0 Å². The molecule has 0 radical (unpaired) electrons. The van der Waals surface area contributed by atoms with Gasteiger partial charge in [0, 0.05) is 9.13 Å². The molecule has 2 heterocycles. The summed E-state index contributed by atoms with van der Waals surface area (Å²) >= 11 is 8.79. The van der Waals surface area contributed by atoms with Crippen molar-refractivity contribution in [1.29, 1.82) is 0 Å². The van der Waals surface area contributed by atoms with E-state index in [1.54, 1.807) is 0 Å². The minimum absolute atomic E-state index is 0.600. The molecule has 0 aliphatic rings. The van der Waals surface area contributed by atoms with E-state index in [9.17, 15) is 0 Å². The maximum Gasteiger partial charge on any atom is 0.199 e. The third-order valence-corrected chi connectivity index (χ3v) is 5.35. The summed E-state index contributed by atoms with van der Waals surface area (Å²) < 4.78 is 3.16. The normalized spacial score (nSPS) is 11.3. The number of para-hydroxylation sites is 2. The summed E-state index contributed by atoms with van der Waals surface area (Å²) in [6.45, 7) is 0. The van der Waals surface area contributed by atoms with Crippen LogP contribution in [-0.4, -0.2) is 19.5 Å². The van der Waals surface area contributed by atoms with E-state index in [2.05, 4.69) is 34.7 Å². The average Bonchev–Trinajstić information content (AvgIpc) is 3.04. The lowest BCUT2D eigenvalue weighted by Crippen LogP contribution is -2.00. The van der Waals surface area contributed by atoms with E-state index in [4.69, 9.17) is 26.6 Å². The van der Waals surface area contributed by atoms with Crippen molar-refractivity contribution in [3.8, 4) is 17.1 Å². The second-order valence-corrected chi connectivity index (χ2v) is 7.74. The van der Waals surface area contributed by atoms with Crippen molar-refractivity contribution < 1.29 is 0 Å². The monoisotopic (exact) mass is 482 g/mol. The van der Waals surface area contributed by atoms with E-state index in [0.29, 0.717) is 16.3 Å². The lowest BCUT2D eigenvalue weighted by Gasteiger charge is -2.10. The van der Waals surface area contributed by atoms with Crippen LogP contribution in [0.2, 0.25) is 5.02 Å². The molecular formula is C21H12ClIN4. The maximum absolute atomic E-state index is 6.49. The lowest BCUT2D eigenvalue weighted by atomic mass is 10.2. The number of nitrogens with zero attached hydrogens (tertiary/aromatic N) is 4. The van der Waals surface area contributed by atoms with Gasteiger partial charge in [0.1, 0.15) is 5.82 Å². The summed E-state index contributed by atoms with van der Waals surface area (Å²) in [5, 5.41) is 0.643. The van der Waals surface area contributed by atoms with E-state index < -0.39 is 0 Å². The SMILES string of the molecule is Clc1ccccc1-c1nc2nc3ccccc3nc2n1-c1cccc(I)c1. The molecule has 0 bridgehead atoms. The predicted molar refractivity (Wildman–Crippen MR) is 117 cm³/mol. The van der Waals surface area contributed by atoms with Crippen LogP contribution in [0.3, 0.4) is 0 Å². The largest absolute Gasteiger partial charge is 0.275 e. The highest BCUT2D eigenvalue weighted by Crippen LogP contribution is 2.32. The van der Waals surface area contributed by atoms with Gasteiger partial charge in [0.05, 0.1) is 21.7 Å². The minimum atomic E-state index is 0.600. The van der Waals surface area contributed by atoms with Gasteiger partial charge >= 0.3 is 0 Å². The van der Waals surface area contributed by atoms with Gasteiger partial charge < -0.3 is 0 Å². The van der Waals surface area contributed by atoms with Gasteiger partial charge in [-0.25, -0.2) is 15.0 Å². The molecule has 0 N–H and O–H groups in total. The van der Waals surface area contributed by atoms with Crippen LogP contribution in [0.1, 0.15) is 0 Å². The summed E-state index contributed by atoms with van der Waals surface area (Å²) in [5.41, 5.74) is 4.80. The number of imidazole rings is 1. The Morgan fingerprint density at radius 2 is 1.52 bits per heavy atom. The van der Waals surface area contributed by atoms with Crippen LogP contribution in [0.15, 0.2) is 72.8 Å². The summed E-state index contributed by atoms with van der Waals surface area (Å²) in [5.74, 6) is 0.730. The quantitative estimate of drug-likeness (QED) is 0.295. The van der Waals surface area contributed by atoms with Gasteiger partial charge in [0.25, 0.3) is 0 Å². The number of halogens is 2. The third-order valence-electron chi connectivity index (χ3n) is 4.35. The topological polar surface area (TPSA) is 43.6 Å². The van der Waals surface area contributed by atoms with Crippen LogP contribution in [-0.2, 0) is 0 Å². The molecular weight excluding hydrogens is 471 g/mol. The van der Waals surface area contributed by atoms with Crippen molar-refractivity contribution in [2.45, 2.75) is 0 Å². The molecule has 0 saturated heterocycles. The number of fused-ring (bicyclic) bond motifs is 2. The first-order chi connectivity index (χ1) is 13.2. The van der Waals surface area contributed by atoms with E-state index in [1.807, 2.05) is 65.2 Å². The molecule has 6 heteroatoms. The maximum atomic E-state index is 6.49. The Labute approximate surface area is 174 Å². The lowest BCUT2D eigenvalue weighted by molar-refractivity contribution is 1.08. The number of hydrogen-bond acceptors (Lipinski definition) is 3. The summed E-state index contributed by atoms with van der Waals surface area (Å²) in [4.78, 5) is 14.4. The molecule has 0 atom stereocenters. The van der Waals surface area contributed by atoms with Gasteiger partial charge in [-0.3, -0.25) is 4.57 Å². The standard InChI is InChI=1S/C21H12ClIN4/c22-16-9-2-1-8-15(16)20-26-19-21(25-18-11-4-3-10-17(18)24-19)27(20)14-7-5-6-13(23)12-14/h1-12H. The zero-order valence-electron chi connectivity index (χ0n) is 14.0. The highest BCUT2D eigenvalue weighted by molar-refractivity contribution is 14.1. The molecule has 2 aromatic heterocycles. The summed E-state index contributed by atoms with van der Waals surface area (Å²) in [6.07, 6.45) is 0. The molecule has 4 nitrogen and oxygen atoms in total. The van der Waals surface area contributed by atoms with Gasteiger partial charge in [-0.1, -0.05) is 41.9 Å². The molecule has 0 amide bonds. The number of rotatable bonds is 2. The second kappa shape index (κ2) is 6.58. The minimum Gasteiger partial charge on any atom is -0.275 e. The number of hydrogen-bond donors (Lipinski definition) is 0. The molecule has 0 fully saturated rings. The fourth-order valence-electron chi connectivity index (χ4n) is 3.14. The highest BCUT2D eigenvalue weighted by Gasteiger charge is 2.19. The molecule has 27 heavy (non-hydrogen) atoms. The van der Waals surface area contributed by atoms with Gasteiger partial charge in [0.2, 0.25) is 0 Å². The molecule has 0 unspecified atom stereocenters. The average molecular weight is 483 g/mol. The number of benzene rings is 3. The zero-order valence-corrected chi connectivity index (χ0v) is 16.9. The van der Waals surface area contributed by atoms with Crippen molar-refractivity contribution >= 4 is 56.5 Å². The van der Waals surface area contributed by atoms with Crippen molar-refractivity contribution in [2.24, 2.45) is 0 Å². The first-order valence-corrected chi connectivity index (χ1v) is 9.82. The molecule has 0 saturated carbocycles. The molecule has 5 aromatic rings. The second-order valence-electron chi connectivity index (χ2n) is 6.09. The van der Waals surface area contributed by atoms with Crippen LogP contribution in [0.4, 0.5) is 0 Å². The van der Waals surface area contributed by atoms with Crippen LogP contribution < -0.4 is 0 Å². The smallest absolute Gasteiger partial charge is 0.199 e. The van der Waals surface area contributed by atoms with E-state index in [0.717, 1.165) is 31.7 Å². The van der Waals surface area contributed by atoms with Crippen LogP contribution >= 0.6 is 34.2 Å². The first kappa shape index (κ1) is 16.6. The molecule has 3 aromatic carbocycles. The van der Waals surface area contributed by atoms with Crippen molar-refractivity contribution in [3.05, 3.63) is 81.4 Å². The van der Waals surface area contributed by atoms with E-state index >= 15 is 0 Å². The Bertz CT molecular complexity index is 1310. The Hall–Kier alpha value is -2.51. The highest BCUT2D eigenvalue weighted by atomic mass is 127. The number of aromatic nitrogens is 4. The Balaban J connectivity index is 1.92. The summed E-state index contributed by atoms with van der Waals surface area (Å²) in [7, 11) is 0. The van der Waals surface area contributed by atoms with Crippen LogP contribution in [0.5, 0.6) is 0 Å². The molecule has 130 valence electrons. The summed E-state index contributed by atoms with van der Waals surface area (Å²) in [6, 6.07) is 23.7. The molecule has 0 aliphatic heterocycles. The fourth-order valence-corrected chi connectivity index (χ4v) is 3.89. The van der Waals surface area contributed by atoms with Gasteiger partial charge in [-0.05, 0) is 65.1 Å². The van der Waals surface area contributed by atoms with Gasteiger partial charge in [0.15, 0.2) is 11.3 Å². The van der Waals surface area contributed by atoms with E-state index in [1.165, 1.54) is 0 Å². The van der Waals surface area contributed by atoms with Crippen molar-refractivity contribution in [2.75, 3.05) is 0 Å². The molecule has 0 spiro atoms. The van der Waals surface area contributed by atoms with Crippen molar-refractivity contribution in [3.63, 3.8) is 0 Å². The Morgan fingerprint density at radius 1 is 0.778 bits per heavy atom. The first-order valence-electron chi connectivity index (χ1n) is 8.37. The van der Waals surface area contributed by atoms with Crippen LogP contribution in [0.25, 0.3) is 39.4 Å². The Kier molecular flexibility index (Phi) is 4.06. The van der Waals surface area contributed by atoms with Crippen molar-refractivity contribution in [1.82, 2.24) is 19.5 Å². The molecule has 0 aliphatic carbocycles. The van der Waals surface area contributed by atoms with E-state index in [-0.39, 0.29) is 0 Å². The van der Waals surface area contributed by atoms with Gasteiger partial charge in [-0.2, -0.15) is 0 Å². The molecule has 5 rings (SSSR count). The Morgan fingerprint density at radius 3 is 2.30 bits per heavy atom. The zero-order chi connectivity index (χ0) is 18.4. The fraction of sp³-hybridized carbons (Fsp3) is 0. The predicted octanol–water partition coefficient (Wildman–Crippen LogP) is 5.89.